The summed E-state index contributed by atoms with van der Waals surface area (Å²) in [4.78, 5) is 15.3. The number of ether oxygens (including phenoxy) is 1. The molecule has 0 spiro atoms. The molecule has 0 radical (unpaired) electrons. The van der Waals surface area contributed by atoms with E-state index in [0.717, 1.165) is 11.3 Å². The van der Waals surface area contributed by atoms with Crippen LogP contribution >= 0.6 is 38.9 Å². The van der Waals surface area contributed by atoms with Gasteiger partial charge in [0.25, 0.3) is 0 Å². The monoisotopic (exact) mass is 419 g/mol. The van der Waals surface area contributed by atoms with Crippen LogP contribution in [0, 0.1) is 0 Å². The van der Waals surface area contributed by atoms with Gasteiger partial charge < -0.3 is 10.1 Å². The van der Waals surface area contributed by atoms with Gasteiger partial charge in [0.15, 0.2) is 5.13 Å². The molecule has 0 aromatic carbocycles. The molecule has 0 saturated carbocycles. The molecule has 0 aliphatic rings. The number of nitrogens with one attached hydrogen (secondary N) is 1. The predicted molar refractivity (Wildman–Crippen MR) is 98.3 cm³/mol. The molecule has 5 nitrogen and oxygen atoms in total. The molecule has 1 N–H and O–H groups in total. The fourth-order valence-corrected chi connectivity index (χ4v) is 2.69. The number of amides is 1. The van der Waals surface area contributed by atoms with Crippen molar-refractivity contribution in [2.45, 2.75) is 66.2 Å². The Morgan fingerprint density at radius 3 is 2.04 bits per heavy atom. The number of hydrogen-bond donors (Lipinski definition) is 1. The summed E-state index contributed by atoms with van der Waals surface area (Å²) >= 11 is 10.1. The van der Waals surface area contributed by atoms with Crippen LogP contribution < -0.4 is 24.2 Å². The number of carbonyl (C=O) groups excluding carboxylic acids is 1. The SMILES string of the molecule is CC(C)(C)OC(=O)Nc1nc(Br)c(Cl)s1.CC(C)[N-]C(C)C.[Li+]. The Bertz CT molecular complexity index is 454. The standard InChI is InChI=1S/C8H10BrClN2O2S.C6H14N.Li/c1-8(2,3)14-7(13)12-6-11-4(9)5(10)15-6;1-5(2)7-6(3)4;/h1-3H3,(H,11,12,13);5-6H,1-4H3;/q;-1;+1. The summed E-state index contributed by atoms with van der Waals surface area (Å²) in [5.41, 5.74) is -0.525. The number of hydrogen-bond acceptors (Lipinski definition) is 4. The maximum atomic E-state index is 11.3. The average Bonchev–Trinajstić information content (AvgIpc) is 2.52. The molecule has 1 rings (SSSR count). The second-order valence-electron chi connectivity index (χ2n) is 6.05. The minimum absolute atomic E-state index is 0. The quantitative estimate of drug-likeness (QED) is 0.764. The summed E-state index contributed by atoms with van der Waals surface area (Å²) < 4.78 is 6.05. The van der Waals surface area contributed by atoms with Gasteiger partial charge in [-0.1, -0.05) is 50.6 Å². The van der Waals surface area contributed by atoms with Crippen molar-refractivity contribution in [3.05, 3.63) is 14.3 Å². The third-order valence-electron chi connectivity index (χ3n) is 1.75. The summed E-state index contributed by atoms with van der Waals surface area (Å²) in [6, 6.07) is 1.000. The molecule has 23 heavy (non-hydrogen) atoms. The number of anilines is 1. The van der Waals surface area contributed by atoms with E-state index >= 15 is 0 Å². The van der Waals surface area contributed by atoms with Gasteiger partial charge in [-0.2, -0.15) is 0 Å². The molecule has 9 heteroatoms. The van der Waals surface area contributed by atoms with Gasteiger partial charge in [-0.15, -0.1) is 12.1 Å². The number of rotatable bonds is 3. The first-order valence-corrected chi connectivity index (χ1v) is 8.91. The molecule has 1 aromatic rings. The topological polar surface area (TPSA) is 65.3 Å². The summed E-state index contributed by atoms with van der Waals surface area (Å²) in [7, 11) is 0. The minimum Gasteiger partial charge on any atom is -0.658 e. The normalized spacial score (nSPS) is 10.7. The molecule has 0 fully saturated rings. The second kappa shape index (κ2) is 11.7. The molecule has 0 bridgehead atoms. The van der Waals surface area contributed by atoms with Crippen molar-refractivity contribution in [2.24, 2.45) is 0 Å². The third kappa shape index (κ3) is 14.3. The van der Waals surface area contributed by atoms with Crippen molar-refractivity contribution in [1.29, 1.82) is 0 Å². The van der Waals surface area contributed by atoms with Crippen molar-refractivity contribution in [3.63, 3.8) is 0 Å². The van der Waals surface area contributed by atoms with Crippen LogP contribution in [0.2, 0.25) is 4.34 Å². The number of aromatic nitrogens is 1. The average molecular weight is 421 g/mol. The predicted octanol–water partition coefficient (Wildman–Crippen LogP) is 3.09. The molecule has 128 valence electrons. The van der Waals surface area contributed by atoms with E-state index in [1.807, 2.05) is 0 Å². The Morgan fingerprint density at radius 2 is 1.78 bits per heavy atom. The fraction of sp³-hybridized carbons (Fsp3) is 0.714. The summed E-state index contributed by atoms with van der Waals surface area (Å²) in [5, 5.41) is 7.17. The van der Waals surface area contributed by atoms with Crippen molar-refractivity contribution in [3.8, 4) is 0 Å². The van der Waals surface area contributed by atoms with E-state index in [-0.39, 0.29) is 18.9 Å². The van der Waals surface area contributed by atoms with Gasteiger partial charge in [-0.3, -0.25) is 5.32 Å². The van der Waals surface area contributed by atoms with Gasteiger partial charge in [0.05, 0.1) is 0 Å². The van der Waals surface area contributed by atoms with Crippen LogP contribution in [0.15, 0.2) is 4.60 Å². The molecule has 1 heterocycles. The molecule has 0 unspecified atom stereocenters. The van der Waals surface area contributed by atoms with Crippen LogP contribution in [0.5, 0.6) is 0 Å². The zero-order valence-electron chi connectivity index (χ0n) is 15.0. The first kappa shape index (κ1) is 25.5. The van der Waals surface area contributed by atoms with Crippen molar-refractivity contribution in [1.82, 2.24) is 4.98 Å². The Kier molecular flexibility index (Phi) is 13.0. The van der Waals surface area contributed by atoms with Crippen LogP contribution in [-0.4, -0.2) is 28.8 Å². The van der Waals surface area contributed by atoms with E-state index in [1.54, 1.807) is 20.8 Å². The first-order chi connectivity index (χ1) is 9.90. The Labute approximate surface area is 168 Å². The van der Waals surface area contributed by atoms with E-state index in [2.05, 4.69) is 59.2 Å². The van der Waals surface area contributed by atoms with Crippen LogP contribution in [0.25, 0.3) is 5.32 Å². The molecule has 1 amide bonds. The Hall–Kier alpha value is 0.227. The van der Waals surface area contributed by atoms with E-state index in [9.17, 15) is 4.79 Å². The van der Waals surface area contributed by atoms with Gasteiger partial charge in [0.2, 0.25) is 0 Å². The molecule has 0 atom stereocenters. The zero-order chi connectivity index (χ0) is 17.5. The second-order valence-corrected chi connectivity index (χ2v) is 8.40. The van der Waals surface area contributed by atoms with Crippen LogP contribution in [0.3, 0.4) is 0 Å². The van der Waals surface area contributed by atoms with E-state index < -0.39 is 11.7 Å². The number of thiazole rings is 1. The summed E-state index contributed by atoms with van der Waals surface area (Å²) in [6.07, 6.45) is -0.541. The Morgan fingerprint density at radius 1 is 1.30 bits per heavy atom. The number of halogens is 2. The fourth-order valence-electron chi connectivity index (χ4n) is 1.32. The Balaban J connectivity index is 0. The van der Waals surface area contributed by atoms with Crippen molar-refractivity contribution in [2.75, 3.05) is 5.32 Å². The van der Waals surface area contributed by atoms with Gasteiger partial charge in [-0.25, -0.2) is 9.78 Å². The molecule has 0 saturated heterocycles. The first-order valence-electron chi connectivity index (χ1n) is 6.92. The molecule has 1 aromatic heterocycles. The van der Waals surface area contributed by atoms with Crippen LogP contribution in [0.1, 0.15) is 48.5 Å². The van der Waals surface area contributed by atoms with Crippen molar-refractivity contribution >= 4 is 50.1 Å². The minimum atomic E-state index is -0.541. The maximum Gasteiger partial charge on any atom is 1.00 e. The third-order valence-corrected chi connectivity index (χ3v) is 3.99. The van der Waals surface area contributed by atoms with E-state index in [1.165, 1.54) is 0 Å². The van der Waals surface area contributed by atoms with Crippen molar-refractivity contribution < 1.29 is 28.4 Å². The van der Waals surface area contributed by atoms with E-state index in [4.69, 9.17) is 16.3 Å². The van der Waals surface area contributed by atoms with E-state index in [0.29, 0.717) is 26.2 Å². The van der Waals surface area contributed by atoms with Gasteiger partial charge in [-0.05, 0) is 36.7 Å². The largest absolute Gasteiger partial charge is 1.00 e. The number of nitrogens with zero attached hydrogens (tertiary/aromatic N) is 2. The van der Waals surface area contributed by atoms with Crippen LogP contribution in [0.4, 0.5) is 9.93 Å². The summed E-state index contributed by atoms with van der Waals surface area (Å²) in [5.74, 6) is 0. The smallest absolute Gasteiger partial charge is 0.658 e. The maximum absolute atomic E-state index is 11.3. The van der Waals surface area contributed by atoms with Gasteiger partial charge in [0, 0.05) is 0 Å². The zero-order valence-corrected chi connectivity index (χ0v) is 18.2. The molecule has 0 aliphatic heterocycles. The van der Waals surface area contributed by atoms with Gasteiger partial charge in [0.1, 0.15) is 14.5 Å². The molecular formula is C14H24BrClLiN3O2S. The summed E-state index contributed by atoms with van der Waals surface area (Å²) in [6.45, 7) is 13.8. The van der Waals surface area contributed by atoms with Crippen LogP contribution in [-0.2, 0) is 4.74 Å². The molecule has 0 aliphatic carbocycles. The van der Waals surface area contributed by atoms with Gasteiger partial charge >= 0.3 is 25.0 Å². The number of carbonyl (C=O) groups is 1. The molecular weight excluding hydrogens is 397 g/mol.